The summed E-state index contributed by atoms with van der Waals surface area (Å²) in [7, 11) is 2.75. The van der Waals surface area contributed by atoms with E-state index >= 15 is 0 Å². The molecule has 1 N–H and O–H groups in total. The Balaban J connectivity index is 3.90. The highest BCUT2D eigenvalue weighted by atomic mass is 16.5. The molecule has 3 atom stereocenters. The van der Waals surface area contributed by atoms with Crippen molar-refractivity contribution in [2.75, 3.05) is 20.8 Å². The number of carbonyl (C=O) groups excluding carboxylic acids is 2. The van der Waals surface area contributed by atoms with Gasteiger partial charge >= 0.3 is 11.9 Å². The summed E-state index contributed by atoms with van der Waals surface area (Å²) in [5.74, 6) is -0.255. The van der Waals surface area contributed by atoms with E-state index in [9.17, 15) is 14.7 Å². The fourth-order valence-electron chi connectivity index (χ4n) is 2.07. The molecule has 0 heterocycles. The first-order valence-electron chi connectivity index (χ1n) is 7.84. The van der Waals surface area contributed by atoms with Gasteiger partial charge in [-0.05, 0) is 32.1 Å². The molecule has 0 aromatic heterocycles. The van der Waals surface area contributed by atoms with Gasteiger partial charge in [0.15, 0.2) is 0 Å². The lowest BCUT2D eigenvalue weighted by atomic mass is 10.0. The Hall–Kier alpha value is -1.14. The van der Waals surface area contributed by atoms with Crippen molar-refractivity contribution in [1.82, 2.24) is 0 Å². The third-order valence-corrected chi connectivity index (χ3v) is 3.57. The van der Waals surface area contributed by atoms with Gasteiger partial charge in [0.1, 0.15) is 0 Å². The summed E-state index contributed by atoms with van der Waals surface area (Å²) in [5, 5.41) is 9.72. The van der Waals surface area contributed by atoms with Crippen LogP contribution in [0.15, 0.2) is 0 Å². The number of aliphatic hydroxyl groups excluding tert-OH is 1. The third-order valence-electron chi connectivity index (χ3n) is 3.57. The molecule has 3 unspecified atom stereocenters. The predicted molar refractivity (Wildman–Crippen MR) is 82.3 cm³/mol. The van der Waals surface area contributed by atoms with Crippen LogP contribution >= 0.6 is 0 Å². The average molecular weight is 318 g/mol. The number of hydrogen-bond donors (Lipinski definition) is 1. The Morgan fingerprint density at radius 1 is 1.00 bits per heavy atom. The Bertz CT molecular complexity index is 316. The van der Waals surface area contributed by atoms with Gasteiger partial charge < -0.3 is 19.3 Å². The quantitative estimate of drug-likeness (QED) is 0.438. The van der Waals surface area contributed by atoms with Crippen LogP contribution in [0, 0.1) is 5.92 Å². The van der Waals surface area contributed by atoms with Crippen LogP contribution in [0.2, 0.25) is 0 Å². The van der Waals surface area contributed by atoms with Crippen molar-refractivity contribution in [2.45, 2.75) is 64.6 Å². The maximum atomic E-state index is 11.1. The smallest absolute Gasteiger partial charge is 0.305 e. The second-order valence-corrected chi connectivity index (χ2v) is 5.65. The second kappa shape index (κ2) is 12.4. The molecule has 0 rings (SSSR count). The van der Waals surface area contributed by atoms with Gasteiger partial charge in [0, 0.05) is 19.4 Å². The molecule has 22 heavy (non-hydrogen) atoms. The standard InChI is InChI=1S/C16H30O6/c1-12(11-16(19)21-4)9-10-22-14(13(2)17)7-5-6-8-15(18)20-3/h12-14,17H,5-11H2,1-4H3. The number of aliphatic hydroxyl groups is 1. The van der Waals surface area contributed by atoms with Crippen molar-refractivity contribution >= 4 is 11.9 Å². The summed E-state index contributed by atoms with van der Waals surface area (Å²) in [6, 6.07) is 0. The van der Waals surface area contributed by atoms with Crippen molar-refractivity contribution in [3.05, 3.63) is 0 Å². The number of rotatable bonds is 12. The molecule has 0 saturated carbocycles. The van der Waals surface area contributed by atoms with Gasteiger partial charge in [-0.25, -0.2) is 0 Å². The van der Waals surface area contributed by atoms with Crippen molar-refractivity contribution < 1.29 is 28.9 Å². The van der Waals surface area contributed by atoms with Crippen molar-refractivity contribution in [1.29, 1.82) is 0 Å². The summed E-state index contributed by atoms with van der Waals surface area (Å²) in [6.45, 7) is 4.15. The first-order chi connectivity index (χ1) is 10.4. The molecule has 0 aromatic rings. The van der Waals surface area contributed by atoms with Gasteiger partial charge in [-0.15, -0.1) is 0 Å². The molecule has 0 amide bonds. The summed E-state index contributed by atoms with van der Waals surface area (Å²) in [5.41, 5.74) is 0. The fourth-order valence-corrected chi connectivity index (χ4v) is 2.07. The van der Waals surface area contributed by atoms with Gasteiger partial charge in [0.25, 0.3) is 0 Å². The molecule has 0 bridgehead atoms. The highest BCUT2D eigenvalue weighted by Gasteiger charge is 2.16. The minimum absolute atomic E-state index is 0.182. The third kappa shape index (κ3) is 10.6. The van der Waals surface area contributed by atoms with E-state index < -0.39 is 6.10 Å². The van der Waals surface area contributed by atoms with Crippen LogP contribution in [0.4, 0.5) is 0 Å². The lowest BCUT2D eigenvalue weighted by Gasteiger charge is -2.21. The first-order valence-corrected chi connectivity index (χ1v) is 7.84. The Kier molecular flexibility index (Phi) is 11.8. The summed E-state index contributed by atoms with van der Waals surface area (Å²) in [6.07, 6.45) is 2.90. The van der Waals surface area contributed by atoms with Crippen molar-refractivity contribution in [2.24, 2.45) is 5.92 Å². The predicted octanol–water partition coefficient (Wildman–Crippen LogP) is 2.08. The number of esters is 2. The molecule has 0 radical (unpaired) electrons. The fraction of sp³-hybridized carbons (Fsp3) is 0.875. The number of carbonyl (C=O) groups is 2. The molecule has 0 aromatic carbocycles. The molecule has 6 heteroatoms. The highest BCUT2D eigenvalue weighted by molar-refractivity contribution is 5.69. The van der Waals surface area contributed by atoms with E-state index in [1.165, 1.54) is 14.2 Å². The molecule has 0 aliphatic carbocycles. The van der Waals surface area contributed by atoms with E-state index in [1.54, 1.807) is 6.92 Å². The van der Waals surface area contributed by atoms with Gasteiger partial charge in [-0.2, -0.15) is 0 Å². The SMILES string of the molecule is COC(=O)CCCCC(OCCC(C)CC(=O)OC)C(C)O. The maximum absolute atomic E-state index is 11.1. The van der Waals surface area contributed by atoms with E-state index in [1.807, 2.05) is 6.92 Å². The van der Waals surface area contributed by atoms with E-state index in [2.05, 4.69) is 9.47 Å². The topological polar surface area (TPSA) is 82.1 Å². The monoisotopic (exact) mass is 318 g/mol. The zero-order valence-electron chi connectivity index (χ0n) is 14.2. The molecule has 0 aliphatic heterocycles. The summed E-state index contributed by atoms with van der Waals surface area (Å²) >= 11 is 0. The number of methoxy groups -OCH3 is 2. The van der Waals surface area contributed by atoms with Crippen LogP contribution < -0.4 is 0 Å². The Morgan fingerprint density at radius 3 is 2.18 bits per heavy atom. The molecule has 0 saturated heterocycles. The highest BCUT2D eigenvalue weighted by Crippen LogP contribution is 2.14. The van der Waals surface area contributed by atoms with E-state index in [0.29, 0.717) is 25.9 Å². The number of hydrogen-bond acceptors (Lipinski definition) is 6. The minimum atomic E-state index is -0.561. The van der Waals surface area contributed by atoms with Crippen LogP contribution in [0.25, 0.3) is 0 Å². The first kappa shape index (κ1) is 20.9. The lowest BCUT2D eigenvalue weighted by molar-refractivity contribution is -0.142. The maximum Gasteiger partial charge on any atom is 0.305 e. The molecular formula is C16H30O6. The molecular weight excluding hydrogens is 288 g/mol. The molecule has 0 fully saturated rings. The second-order valence-electron chi connectivity index (χ2n) is 5.65. The van der Waals surface area contributed by atoms with Gasteiger partial charge in [0.05, 0.1) is 26.4 Å². The summed E-state index contributed by atoms with van der Waals surface area (Å²) < 4.78 is 14.9. The minimum Gasteiger partial charge on any atom is -0.469 e. The molecule has 0 aliphatic rings. The van der Waals surface area contributed by atoms with Gasteiger partial charge in [0.2, 0.25) is 0 Å². The number of unbranched alkanes of at least 4 members (excludes halogenated alkanes) is 1. The van der Waals surface area contributed by atoms with Crippen LogP contribution in [0.3, 0.4) is 0 Å². The number of ether oxygens (including phenoxy) is 3. The van der Waals surface area contributed by atoms with Crippen molar-refractivity contribution in [3.8, 4) is 0 Å². The largest absolute Gasteiger partial charge is 0.469 e. The van der Waals surface area contributed by atoms with E-state index in [4.69, 9.17) is 4.74 Å². The van der Waals surface area contributed by atoms with Crippen LogP contribution in [-0.2, 0) is 23.8 Å². The van der Waals surface area contributed by atoms with Crippen LogP contribution in [0.5, 0.6) is 0 Å². The molecule has 0 spiro atoms. The van der Waals surface area contributed by atoms with Gasteiger partial charge in [-0.1, -0.05) is 13.3 Å². The molecule has 6 nitrogen and oxygen atoms in total. The zero-order chi connectivity index (χ0) is 17.0. The van der Waals surface area contributed by atoms with E-state index in [-0.39, 0.29) is 24.0 Å². The van der Waals surface area contributed by atoms with Crippen LogP contribution in [-0.4, -0.2) is 50.1 Å². The van der Waals surface area contributed by atoms with Crippen molar-refractivity contribution in [3.63, 3.8) is 0 Å². The zero-order valence-corrected chi connectivity index (χ0v) is 14.2. The van der Waals surface area contributed by atoms with Gasteiger partial charge in [-0.3, -0.25) is 9.59 Å². The average Bonchev–Trinajstić information content (AvgIpc) is 2.48. The summed E-state index contributed by atoms with van der Waals surface area (Å²) in [4.78, 5) is 22.2. The lowest BCUT2D eigenvalue weighted by Crippen LogP contribution is -2.27. The van der Waals surface area contributed by atoms with Crippen LogP contribution in [0.1, 0.15) is 52.4 Å². The Morgan fingerprint density at radius 2 is 1.64 bits per heavy atom. The Labute approximate surface area is 133 Å². The molecule has 130 valence electrons. The van der Waals surface area contributed by atoms with E-state index in [0.717, 1.165) is 19.3 Å². The normalized spacial score (nSPS) is 15.0.